The first-order chi connectivity index (χ1) is 14.0. The number of nitrogens with one attached hydrogen (secondary N) is 1. The van der Waals surface area contributed by atoms with Gasteiger partial charge in [-0.05, 0) is 37.8 Å². The zero-order valence-corrected chi connectivity index (χ0v) is 17.7. The van der Waals surface area contributed by atoms with E-state index in [4.69, 9.17) is 0 Å². The fraction of sp³-hybridized carbons (Fsp3) is 0.571. The Labute approximate surface area is 175 Å². The van der Waals surface area contributed by atoms with E-state index in [9.17, 15) is 14.4 Å². The molecule has 0 aromatic heterocycles. The Morgan fingerprint density at radius 3 is 2.83 bits per heavy atom. The van der Waals surface area contributed by atoms with Gasteiger partial charge in [-0.25, -0.2) is 4.79 Å². The molecule has 0 radical (unpaired) electrons. The summed E-state index contributed by atoms with van der Waals surface area (Å²) in [5, 5.41) is 2.92. The quantitative estimate of drug-likeness (QED) is 0.801. The number of anilines is 1. The van der Waals surface area contributed by atoms with Gasteiger partial charge in [-0.2, -0.15) is 0 Å². The summed E-state index contributed by atoms with van der Waals surface area (Å²) in [5.74, 6) is 1.38. The van der Waals surface area contributed by atoms with Crippen LogP contribution in [0.5, 0.6) is 0 Å². The van der Waals surface area contributed by atoms with Gasteiger partial charge in [0, 0.05) is 44.0 Å². The van der Waals surface area contributed by atoms with Crippen LogP contribution in [0, 0.1) is 6.92 Å². The highest BCUT2D eigenvalue weighted by molar-refractivity contribution is 7.99. The molecule has 3 aliphatic heterocycles. The molecular weight excluding hydrogens is 388 g/mol. The van der Waals surface area contributed by atoms with E-state index < -0.39 is 0 Å². The normalized spacial score (nSPS) is 21.3. The number of aryl methyl sites for hydroxylation is 1. The molecule has 1 atom stereocenters. The Kier molecular flexibility index (Phi) is 5.99. The standard InChI is InChI=1S/C21H28N4O3S/c1-15-6-7-17-16(11-15)12-24(21(28)22-17)10-4-5-19(26)25-14-29-13-18(25)20(27)23-8-2-3-9-23/h6-7,11,18H,2-5,8-10,12-14H2,1H3,(H,22,28)/t18-/m0/s1. The second kappa shape index (κ2) is 8.65. The zero-order valence-electron chi connectivity index (χ0n) is 16.9. The van der Waals surface area contributed by atoms with Gasteiger partial charge in [0.1, 0.15) is 6.04 Å². The minimum Gasteiger partial charge on any atom is -0.341 e. The third kappa shape index (κ3) is 4.37. The van der Waals surface area contributed by atoms with Crippen molar-refractivity contribution in [3.63, 3.8) is 0 Å². The fourth-order valence-corrected chi connectivity index (χ4v) is 5.41. The Hall–Kier alpha value is -2.22. The van der Waals surface area contributed by atoms with Gasteiger partial charge in [-0.3, -0.25) is 9.59 Å². The highest BCUT2D eigenvalue weighted by Gasteiger charge is 2.37. The maximum atomic E-state index is 12.8. The molecule has 1 N–H and O–H groups in total. The second-order valence-electron chi connectivity index (χ2n) is 8.03. The first kappa shape index (κ1) is 20.1. The van der Waals surface area contributed by atoms with Crippen LogP contribution in [0.4, 0.5) is 10.5 Å². The number of rotatable bonds is 5. The molecule has 7 nitrogen and oxygen atoms in total. The van der Waals surface area contributed by atoms with Crippen molar-refractivity contribution in [3.8, 4) is 0 Å². The van der Waals surface area contributed by atoms with Crippen molar-refractivity contribution in [1.29, 1.82) is 0 Å². The third-order valence-corrected chi connectivity index (χ3v) is 6.89. The number of fused-ring (bicyclic) bond motifs is 1. The van der Waals surface area contributed by atoms with Crippen molar-refractivity contribution in [2.75, 3.05) is 36.6 Å². The summed E-state index contributed by atoms with van der Waals surface area (Å²) in [6, 6.07) is 5.57. The number of amides is 4. The Balaban J connectivity index is 1.29. The number of likely N-dealkylation sites (tertiary alicyclic amines) is 1. The molecule has 1 aromatic rings. The number of hydrogen-bond donors (Lipinski definition) is 1. The second-order valence-corrected chi connectivity index (χ2v) is 9.03. The van der Waals surface area contributed by atoms with Crippen molar-refractivity contribution in [3.05, 3.63) is 29.3 Å². The van der Waals surface area contributed by atoms with Gasteiger partial charge < -0.3 is 20.0 Å². The van der Waals surface area contributed by atoms with E-state index >= 15 is 0 Å². The smallest absolute Gasteiger partial charge is 0.322 e. The number of benzene rings is 1. The van der Waals surface area contributed by atoms with Crippen molar-refractivity contribution in [2.24, 2.45) is 0 Å². The molecule has 0 unspecified atom stereocenters. The highest BCUT2D eigenvalue weighted by atomic mass is 32.2. The van der Waals surface area contributed by atoms with Crippen molar-refractivity contribution in [2.45, 2.75) is 45.2 Å². The lowest BCUT2D eigenvalue weighted by Gasteiger charge is -2.30. The molecule has 1 aromatic carbocycles. The van der Waals surface area contributed by atoms with E-state index in [1.165, 1.54) is 0 Å². The maximum absolute atomic E-state index is 12.8. The molecule has 2 saturated heterocycles. The first-order valence-electron chi connectivity index (χ1n) is 10.3. The predicted octanol–water partition coefficient (Wildman–Crippen LogP) is 2.65. The van der Waals surface area contributed by atoms with Crippen LogP contribution >= 0.6 is 11.8 Å². The van der Waals surface area contributed by atoms with Crippen LogP contribution in [0.25, 0.3) is 0 Å². The minimum atomic E-state index is -0.321. The van der Waals surface area contributed by atoms with Gasteiger partial charge >= 0.3 is 6.03 Å². The van der Waals surface area contributed by atoms with Crippen LogP contribution in [0.3, 0.4) is 0 Å². The largest absolute Gasteiger partial charge is 0.341 e. The van der Waals surface area contributed by atoms with Crippen molar-refractivity contribution in [1.82, 2.24) is 14.7 Å². The van der Waals surface area contributed by atoms with Crippen LogP contribution < -0.4 is 5.32 Å². The number of urea groups is 1. The molecule has 0 bridgehead atoms. The molecule has 4 rings (SSSR count). The third-order valence-electron chi connectivity index (χ3n) is 5.87. The Morgan fingerprint density at radius 1 is 1.24 bits per heavy atom. The summed E-state index contributed by atoms with van der Waals surface area (Å²) in [6.45, 7) is 4.75. The molecule has 0 aliphatic carbocycles. The number of nitrogens with zero attached hydrogens (tertiary/aromatic N) is 3. The molecule has 3 aliphatic rings. The predicted molar refractivity (Wildman–Crippen MR) is 114 cm³/mol. The first-order valence-corrected chi connectivity index (χ1v) is 11.5. The minimum absolute atomic E-state index is 0.0150. The van der Waals surface area contributed by atoms with Gasteiger partial charge in [0.25, 0.3) is 0 Å². The number of carbonyl (C=O) groups excluding carboxylic acids is 3. The zero-order chi connectivity index (χ0) is 20.4. The van der Waals surface area contributed by atoms with E-state index in [2.05, 4.69) is 11.4 Å². The summed E-state index contributed by atoms with van der Waals surface area (Å²) >= 11 is 1.64. The molecule has 3 heterocycles. The van der Waals surface area contributed by atoms with Gasteiger partial charge in [-0.15, -0.1) is 11.8 Å². The molecule has 0 spiro atoms. The van der Waals surface area contributed by atoms with Gasteiger partial charge in [0.05, 0.1) is 5.88 Å². The highest BCUT2D eigenvalue weighted by Crippen LogP contribution is 2.26. The monoisotopic (exact) mass is 416 g/mol. The average Bonchev–Trinajstić information content (AvgIpc) is 3.40. The van der Waals surface area contributed by atoms with E-state index in [1.54, 1.807) is 21.6 Å². The number of carbonyl (C=O) groups is 3. The summed E-state index contributed by atoms with van der Waals surface area (Å²) in [5.41, 5.74) is 3.13. The maximum Gasteiger partial charge on any atom is 0.322 e. The van der Waals surface area contributed by atoms with Crippen LogP contribution in [0.15, 0.2) is 18.2 Å². The summed E-state index contributed by atoms with van der Waals surface area (Å²) in [6.07, 6.45) is 3.06. The molecule has 156 valence electrons. The van der Waals surface area contributed by atoms with Crippen LogP contribution in [0.2, 0.25) is 0 Å². The lowest BCUT2D eigenvalue weighted by molar-refractivity contribution is -0.142. The molecule has 4 amide bonds. The van der Waals surface area contributed by atoms with Gasteiger partial charge in [0.2, 0.25) is 11.8 Å². The molecule has 29 heavy (non-hydrogen) atoms. The van der Waals surface area contributed by atoms with Crippen molar-refractivity contribution < 1.29 is 14.4 Å². The molecule has 2 fully saturated rings. The van der Waals surface area contributed by atoms with Crippen LogP contribution in [-0.4, -0.2) is 69.9 Å². The topological polar surface area (TPSA) is 73.0 Å². The van der Waals surface area contributed by atoms with Crippen molar-refractivity contribution >= 4 is 35.3 Å². The van der Waals surface area contributed by atoms with E-state index in [0.717, 1.165) is 42.7 Å². The van der Waals surface area contributed by atoms with E-state index in [0.29, 0.717) is 37.6 Å². The number of thioether (sulfide) groups is 1. The molecular formula is C21H28N4O3S. The lowest BCUT2D eigenvalue weighted by Crippen LogP contribution is -2.48. The fourth-order valence-electron chi connectivity index (χ4n) is 4.23. The van der Waals surface area contributed by atoms with Crippen LogP contribution in [-0.2, 0) is 16.1 Å². The molecule has 0 saturated carbocycles. The Bertz CT molecular complexity index is 809. The van der Waals surface area contributed by atoms with Gasteiger partial charge in [-0.1, -0.05) is 17.7 Å². The van der Waals surface area contributed by atoms with Gasteiger partial charge in [0.15, 0.2) is 0 Å². The summed E-state index contributed by atoms with van der Waals surface area (Å²) < 4.78 is 0. The van der Waals surface area contributed by atoms with E-state index in [1.807, 2.05) is 24.0 Å². The number of hydrogen-bond acceptors (Lipinski definition) is 4. The molecule has 8 heteroatoms. The lowest BCUT2D eigenvalue weighted by atomic mass is 10.1. The SMILES string of the molecule is Cc1ccc2c(c1)CN(CCCC(=O)N1CSC[C@H]1C(=O)N1CCCC1)C(=O)N2. The Morgan fingerprint density at radius 2 is 2.03 bits per heavy atom. The van der Waals surface area contributed by atoms with E-state index in [-0.39, 0.29) is 23.9 Å². The summed E-state index contributed by atoms with van der Waals surface area (Å²) in [7, 11) is 0. The van der Waals surface area contributed by atoms with Crippen LogP contribution in [0.1, 0.15) is 36.8 Å². The summed E-state index contributed by atoms with van der Waals surface area (Å²) in [4.78, 5) is 43.2. The average molecular weight is 417 g/mol.